The fourth-order valence-electron chi connectivity index (χ4n) is 2.95. The Hall–Kier alpha value is -1.35. The van der Waals surface area contributed by atoms with Crippen LogP contribution in [0.3, 0.4) is 0 Å². The first kappa shape index (κ1) is 9.85. The van der Waals surface area contributed by atoms with Gasteiger partial charge in [0.1, 0.15) is 0 Å². The molecule has 0 saturated carbocycles. The summed E-state index contributed by atoms with van der Waals surface area (Å²) in [6, 6.07) is 9.04. The van der Waals surface area contributed by atoms with Crippen molar-refractivity contribution >= 4 is 5.91 Å². The molecule has 2 atom stereocenters. The molecular weight excluding hydrogens is 200 g/mol. The largest absolute Gasteiger partial charge is 0.330 e. The van der Waals surface area contributed by atoms with E-state index in [4.69, 9.17) is 0 Å². The smallest absolute Gasteiger partial charge is 0.237 e. The molecule has 3 rings (SSSR count). The van der Waals surface area contributed by atoms with Gasteiger partial charge in [-0.2, -0.15) is 0 Å². The Labute approximate surface area is 95.4 Å². The molecule has 2 heterocycles. The van der Waals surface area contributed by atoms with Crippen LogP contribution in [-0.2, 0) is 11.2 Å². The van der Waals surface area contributed by atoms with Crippen molar-refractivity contribution in [3.63, 3.8) is 0 Å². The van der Waals surface area contributed by atoms with Crippen LogP contribution in [0.1, 0.15) is 24.1 Å². The van der Waals surface area contributed by atoms with Crippen molar-refractivity contribution in [2.45, 2.75) is 25.4 Å². The molecule has 3 nitrogen and oxygen atoms in total. The summed E-state index contributed by atoms with van der Waals surface area (Å²) in [5.41, 5.74) is 2.72. The molecular formula is C13H16N2O. The number of carbonyl (C=O) groups is 1. The lowest BCUT2D eigenvalue weighted by molar-refractivity contribution is -0.138. The van der Waals surface area contributed by atoms with Gasteiger partial charge in [0, 0.05) is 12.6 Å². The normalized spacial score (nSPS) is 28.6. The maximum atomic E-state index is 11.9. The lowest BCUT2D eigenvalue weighted by atomic mass is 9.87. The third kappa shape index (κ3) is 1.35. The highest BCUT2D eigenvalue weighted by Crippen LogP contribution is 2.33. The summed E-state index contributed by atoms with van der Waals surface area (Å²) in [6.07, 6.45) is 0.985. The summed E-state index contributed by atoms with van der Waals surface area (Å²) in [5, 5.41) is 3.20. The molecule has 1 aromatic carbocycles. The van der Waals surface area contributed by atoms with Crippen molar-refractivity contribution in [3.05, 3.63) is 35.4 Å². The quantitative estimate of drug-likeness (QED) is 0.704. The number of rotatable bonds is 0. The summed E-state index contributed by atoms with van der Waals surface area (Å²) >= 11 is 0. The van der Waals surface area contributed by atoms with E-state index in [1.165, 1.54) is 11.1 Å². The fourth-order valence-corrected chi connectivity index (χ4v) is 2.95. The molecule has 1 amide bonds. The zero-order valence-electron chi connectivity index (χ0n) is 9.44. The Kier molecular flexibility index (Phi) is 2.21. The second kappa shape index (κ2) is 3.59. The Morgan fingerprint density at radius 1 is 1.38 bits per heavy atom. The fraction of sp³-hybridized carbons (Fsp3) is 0.462. The minimum atomic E-state index is 0.234. The molecule has 1 fully saturated rings. The van der Waals surface area contributed by atoms with Crippen LogP contribution in [0.15, 0.2) is 24.3 Å². The van der Waals surface area contributed by atoms with Gasteiger partial charge in [-0.3, -0.25) is 4.79 Å². The number of piperazine rings is 1. The van der Waals surface area contributed by atoms with Crippen molar-refractivity contribution in [2.24, 2.45) is 0 Å². The topological polar surface area (TPSA) is 32.3 Å². The van der Waals surface area contributed by atoms with Crippen LogP contribution in [0.25, 0.3) is 0 Å². The molecule has 2 aliphatic rings. The van der Waals surface area contributed by atoms with Crippen molar-refractivity contribution in [1.82, 2.24) is 10.2 Å². The number of amides is 1. The Balaban J connectivity index is 2.06. The van der Waals surface area contributed by atoms with Gasteiger partial charge in [0.15, 0.2) is 0 Å². The standard InChI is InChI=1S/C13H16N2O/c1-9-6-10-4-2-3-5-11(10)12-7-14-8-13(16)15(9)12/h2-5,9,12,14H,6-8H2,1H3/t9-,12+/m0/s1. The first-order valence-electron chi connectivity index (χ1n) is 5.87. The average Bonchev–Trinajstić information content (AvgIpc) is 2.29. The molecule has 0 unspecified atom stereocenters. The van der Waals surface area contributed by atoms with Crippen molar-refractivity contribution in [2.75, 3.05) is 13.1 Å². The molecule has 0 radical (unpaired) electrons. The molecule has 3 heteroatoms. The number of nitrogens with one attached hydrogen (secondary N) is 1. The van der Waals surface area contributed by atoms with Gasteiger partial charge in [-0.1, -0.05) is 24.3 Å². The third-order valence-electron chi connectivity index (χ3n) is 3.64. The van der Waals surface area contributed by atoms with Crippen LogP contribution in [0.2, 0.25) is 0 Å². The minimum Gasteiger partial charge on any atom is -0.330 e. The summed E-state index contributed by atoms with van der Waals surface area (Å²) in [5.74, 6) is 0.234. The second-order valence-electron chi connectivity index (χ2n) is 4.70. The van der Waals surface area contributed by atoms with Gasteiger partial charge in [-0.15, -0.1) is 0 Å². The average molecular weight is 216 g/mol. The van der Waals surface area contributed by atoms with Crippen LogP contribution in [0.5, 0.6) is 0 Å². The third-order valence-corrected chi connectivity index (χ3v) is 3.64. The van der Waals surface area contributed by atoms with E-state index in [1.54, 1.807) is 0 Å². The maximum Gasteiger partial charge on any atom is 0.237 e. The molecule has 0 bridgehead atoms. The van der Waals surface area contributed by atoms with Crippen LogP contribution in [-0.4, -0.2) is 29.9 Å². The number of nitrogens with zero attached hydrogens (tertiary/aromatic N) is 1. The van der Waals surface area contributed by atoms with Crippen molar-refractivity contribution in [1.29, 1.82) is 0 Å². The Morgan fingerprint density at radius 2 is 2.19 bits per heavy atom. The number of hydrogen-bond donors (Lipinski definition) is 1. The van der Waals surface area contributed by atoms with Gasteiger partial charge in [-0.05, 0) is 24.5 Å². The van der Waals surface area contributed by atoms with Gasteiger partial charge in [0.2, 0.25) is 5.91 Å². The van der Waals surface area contributed by atoms with Gasteiger partial charge in [0.05, 0.1) is 12.6 Å². The van der Waals surface area contributed by atoms with Crippen LogP contribution >= 0.6 is 0 Å². The lowest BCUT2D eigenvalue weighted by Crippen LogP contribution is -2.56. The number of fused-ring (bicyclic) bond motifs is 3. The van der Waals surface area contributed by atoms with E-state index in [2.05, 4.69) is 41.4 Å². The van der Waals surface area contributed by atoms with E-state index < -0.39 is 0 Å². The molecule has 2 aliphatic heterocycles. The van der Waals surface area contributed by atoms with Gasteiger partial charge >= 0.3 is 0 Å². The van der Waals surface area contributed by atoms with E-state index in [1.807, 2.05) is 0 Å². The summed E-state index contributed by atoms with van der Waals surface area (Å²) in [7, 11) is 0. The Morgan fingerprint density at radius 3 is 3.06 bits per heavy atom. The van der Waals surface area contributed by atoms with Crippen molar-refractivity contribution in [3.8, 4) is 0 Å². The number of hydrogen-bond acceptors (Lipinski definition) is 2. The summed E-state index contributed by atoms with van der Waals surface area (Å²) < 4.78 is 0. The van der Waals surface area contributed by atoms with Crippen molar-refractivity contribution < 1.29 is 4.79 Å². The molecule has 0 aromatic heterocycles. The zero-order valence-corrected chi connectivity index (χ0v) is 9.44. The first-order chi connectivity index (χ1) is 7.77. The highest BCUT2D eigenvalue weighted by atomic mass is 16.2. The van der Waals surface area contributed by atoms with Gasteiger partial charge in [0.25, 0.3) is 0 Å². The number of benzene rings is 1. The van der Waals surface area contributed by atoms with E-state index in [0.29, 0.717) is 12.6 Å². The molecule has 0 aliphatic carbocycles. The van der Waals surface area contributed by atoms with Crippen LogP contribution in [0.4, 0.5) is 0 Å². The molecule has 1 N–H and O–H groups in total. The molecule has 1 aromatic rings. The maximum absolute atomic E-state index is 11.9. The second-order valence-corrected chi connectivity index (χ2v) is 4.70. The lowest BCUT2D eigenvalue weighted by Gasteiger charge is -2.44. The first-order valence-corrected chi connectivity index (χ1v) is 5.87. The monoisotopic (exact) mass is 216 g/mol. The SMILES string of the molecule is C[C@H]1Cc2ccccc2[C@H]2CNCC(=O)N21. The highest BCUT2D eigenvalue weighted by Gasteiger charge is 2.36. The van der Waals surface area contributed by atoms with E-state index in [-0.39, 0.29) is 11.9 Å². The van der Waals surface area contributed by atoms with E-state index >= 15 is 0 Å². The highest BCUT2D eigenvalue weighted by molar-refractivity contribution is 5.80. The summed E-state index contributed by atoms with van der Waals surface area (Å²) in [4.78, 5) is 14.0. The molecule has 84 valence electrons. The van der Waals surface area contributed by atoms with E-state index in [0.717, 1.165) is 13.0 Å². The molecule has 0 spiro atoms. The minimum absolute atomic E-state index is 0.234. The molecule has 16 heavy (non-hydrogen) atoms. The van der Waals surface area contributed by atoms with Gasteiger partial charge in [-0.25, -0.2) is 0 Å². The van der Waals surface area contributed by atoms with E-state index in [9.17, 15) is 4.79 Å². The predicted octanol–water partition coefficient (Wildman–Crippen LogP) is 1.10. The van der Waals surface area contributed by atoms with Gasteiger partial charge < -0.3 is 10.2 Å². The predicted molar refractivity (Wildman–Crippen MR) is 62.1 cm³/mol. The van der Waals surface area contributed by atoms with Crippen LogP contribution < -0.4 is 5.32 Å². The molecule has 1 saturated heterocycles. The number of carbonyl (C=O) groups excluding carboxylic acids is 1. The Bertz CT molecular complexity index is 430. The van der Waals surface area contributed by atoms with Crippen LogP contribution in [0, 0.1) is 0 Å². The zero-order chi connectivity index (χ0) is 11.1. The summed E-state index contributed by atoms with van der Waals surface area (Å²) in [6.45, 7) is 3.52.